The third-order valence-electron chi connectivity index (χ3n) is 2.56. The van der Waals surface area contributed by atoms with Crippen LogP contribution in [-0.4, -0.2) is 20.7 Å². The maximum absolute atomic E-state index is 13.4. The molecule has 0 saturated heterocycles. The first-order valence-corrected chi connectivity index (χ1v) is 5.61. The molecule has 1 N–H and O–H groups in total. The van der Waals surface area contributed by atoms with Gasteiger partial charge in [-0.25, -0.2) is 4.39 Å². The van der Waals surface area contributed by atoms with Crippen LogP contribution < -0.4 is 5.32 Å². The number of aryl methyl sites for hydroxylation is 1. The Bertz CT molecular complexity index is 553. The second kappa shape index (κ2) is 5.39. The van der Waals surface area contributed by atoms with E-state index in [-0.39, 0.29) is 12.1 Å². The quantitative estimate of drug-likeness (QED) is 0.888. The molecule has 0 unspecified atom stereocenters. The minimum atomic E-state index is -0.535. The molecule has 5 nitrogen and oxygen atoms in total. The third-order valence-corrected chi connectivity index (χ3v) is 2.56. The van der Waals surface area contributed by atoms with Crippen molar-refractivity contribution in [2.45, 2.75) is 20.0 Å². The van der Waals surface area contributed by atoms with Gasteiger partial charge < -0.3 is 9.88 Å². The standard InChI is InChI=1S/C12H13FN4O/c1-2-17-8-15-16-11(17)7-14-12(18)9-5-3-4-6-10(9)13/h3-6,8H,2,7H2,1H3,(H,14,18). The van der Waals surface area contributed by atoms with E-state index < -0.39 is 11.7 Å². The summed E-state index contributed by atoms with van der Waals surface area (Å²) in [6, 6.07) is 5.85. The van der Waals surface area contributed by atoms with Gasteiger partial charge in [-0.2, -0.15) is 0 Å². The van der Waals surface area contributed by atoms with Gasteiger partial charge in [0.2, 0.25) is 0 Å². The van der Waals surface area contributed by atoms with Crippen LogP contribution in [0.25, 0.3) is 0 Å². The Morgan fingerprint density at radius 3 is 2.94 bits per heavy atom. The van der Waals surface area contributed by atoms with Crippen molar-refractivity contribution in [2.75, 3.05) is 0 Å². The topological polar surface area (TPSA) is 59.8 Å². The predicted molar refractivity (Wildman–Crippen MR) is 63.3 cm³/mol. The van der Waals surface area contributed by atoms with E-state index in [4.69, 9.17) is 0 Å². The van der Waals surface area contributed by atoms with Gasteiger partial charge in [0.15, 0.2) is 5.82 Å². The summed E-state index contributed by atoms with van der Waals surface area (Å²) in [6.07, 6.45) is 1.59. The van der Waals surface area contributed by atoms with E-state index in [9.17, 15) is 9.18 Å². The van der Waals surface area contributed by atoms with Crippen LogP contribution in [0.4, 0.5) is 4.39 Å². The Balaban J connectivity index is 2.03. The maximum Gasteiger partial charge on any atom is 0.254 e. The van der Waals surface area contributed by atoms with Gasteiger partial charge >= 0.3 is 0 Å². The number of carbonyl (C=O) groups is 1. The van der Waals surface area contributed by atoms with Crippen molar-refractivity contribution in [3.05, 3.63) is 47.8 Å². The van der Waals surface area contributed by atoms with E-state index >= 15 is 0 Å². The molecule has 0 atom stereocenters. The predicted octanol–water partition coefficient (Wildman–Crippen LogP) is 1.37. The minimum absolute atomic E-state index is 0.0278. The molecule has 1 heterocycles. The Morgan fingerprint density at radius 2 is 2.22 bits per heavy atom. The highest BCUT2D eigenvalue weighted by Crippen LogP contribution is 2.06. The van der Waals surface area contributed by atoms with Crippen molar-refractivity contribution in [3.8, 4) is 0 Å². The fourth-order valence-corrected chi connectivity index (χ4v) is 1.58. The second-order valence-electron chi connectivity index (χ2n) is 3.70. The third kappa shape index (κ3) is 2.53. The molecule has 0 saturated carbocycles. The van der Waals surface area contributed by atoms with Gasteiger partial charge in [-0.15, -0.1) is 10.2 Å². The lowest BCUT2D eigenvalue weighted by molar-refractivity contribution is 0.0945. The van der Waals surface area contributed by atoms with E-state index in [1.807, 2.05) is 11.5 Å². The first-order chi connectivity index (χ1) is 8.72. The summed E-state index contributed by atoms with van der Waals surface area (Å²) in [5, 5.41) is 10.2. The smallest absolute Gasteiger partial charge is 0.254 e. The van der Waals surface area contributed by atoms with E-state index in [2.05, 4.69) is 15.5 Å². The van der Waals surface area contributed by atoms with Gasteiger partial charge in [0.25, 0.3) is 5.91 Å². The Morgan fingerprint density at radius 1 is 1.44 bits per heavy atom. The summed E-state index contributed by atoms with van der Waals surface area (Å²) in [7, 11) is 0. The van der Waals surface area contributed by atoms with Crippen molar-refractivity contribution in [1.82, 2.24) is 20.1 Å². The lowest BCUT2D eigenvalue weighted by atomic mass is 10.2. The number of hydrogen-bond acceptors (Lipinski definition) is 3. The second-order valence-corrected chi connectivity index (χ2v) is 3.70. The first kappa shape index (κ1) is 12.2. The molecule has 2 rings (SSSR count). The van der Waals surface area contributed by atoms with E-state index in [1.165, 1.54) is 12.1 Å². The van der Waals surface area contributed by atoms with Crippen molar-refractivity contribution in [2.24, 2.45) is 0 Å². The number of nitrogens with zero attached hydrogens (tertiary/aromatic N) is 3. The molecule has 0 radical (unpaired) electrons. The van der Waals surface area contributed by atoms with Crippen LogP contribution in [0.3, 0.4) is 0 Å². The highest BCUT2D eigenvalue weighted by atomic mass is 19.1. The van der Waals surface area contributed by atoms with Gasteiger partial charge in [0, 0.05) is 6.54 Å². The van der Waals surface area contributed by atoms with E-state index in [0.29, 0.717) is 5.82 Å². The fraction of sp³-hybridized carbons (Fsp3) is 0.250. The molecule has 0 aliphatic rings. The number of amides is 1. The highest BCUT2D eigenvalue weighted by Gasteiger charge is 2.11. The summed E-state index contributed by atoms with van der Waals surface area (Å²) < 4.78 is 15.2. The molecule has 2 aromatic rings. The summed E-state index contributed by atoms with van der Waals surface area (Å²) >= 11 is 0. The average molecular weight is 248 g/mol. The molecular weight excluding hydrogens is 235 g/mol. The van der Waals surface area contributed by atoms with Gasteiger partial charge in [0.1, 0.15) is 12.1 Å². The van der Waals surface area contributed by atoms with Gasteiger partial charge in [-0.3, -0.25) is 4.79 Å². The molecule has 1 amide bonds. The van der Waals surface area contributed by atoms with Crippen LogP contribution in [0.2, 0.25) is 0 Å². The van der Waals surface area contributed by atoms with Crippen LogP contribution >= 0.6 is 0 Å². The number of hydrogen-bond donors (Lipinski definition) is 1. The zero-order valence-corrected chi connectivity index (χ0v) is 9.93. The first-order valence-electron chi connectivity index (χ1n) is 5.61. The summed E-state index contributed by atoms with van der Waals surface area (Å²) in [5.41, 5.74) is 0.0278. The van der Waals surface area contributed by atoms with Crippen LogP contribution in [-0.2, 0) is 13.1 Å². The van der Waals surface area contributed by atoms with Crippen molar-refractivity contribution < 1.29 is 9.18 Å². The minimum Gasteiger partial charge on any atom is -0.345 e. The van der Waals surface area contributed by atoms with Crippen LogP contribution in [0, 0.1) is 5.82 Å². The number of benzene rings is 1. The van der Waals surface area contributed by atoms with E-state index in [0.717, 1.165) is 6.54 Å². The molecule has 94 valence electrons. The Hall–Kier alpha value is -2.24. The molecule has 18 heavy (non-hydrogen) atoms. The lowest BCUT2D eigenvalue weighted by Gasteiger charge is -2.06. The summed E-state index contributed by atoms with van der Waals surface area (Å²) in [6.45, 7) is 2.89. The van der Waals surface area contributed by atoms with Crippen LogP contribution in [0.1, 0.15) is 23.1 Å². The monoisotopic (exact) mass is 248 g/mol. The lowest BCUT2D eigenvalue weighted by Crippen LogP contribution is -2.25. The molecule has 0 aliphatic carbocycles. The number of rotatable bonds is 4. The Labute approximate surface area is 104 Å². The molecule has 1 aromatic heterocycles. The molecule has 1 aromatic carbocycles. The van der Waals surface area contributed by atoms with Crippen molar-refractivity contribution in [1.29, 1.82) is 0 Å². The molecule has 0 bridgehead atoms. The van der Waals surface area contributed by atoms with E-state index in [1.54, 1.807) is 18.5 Å². The zero-order chi connectivity index (χ0) is 13.0. The average Bonchev–Trinajstić information content (AvgIpc) is 2.84. The molecule has 0 spiro atoms. The van der Waals surface area contributed by atoms with Crippen LogP contribution in [0.5, 0.6) is 0 Å². The number of aromatic nitrogens is 3. The number of nitrogens with one attached hydrogen (secondary N) is 1. The van der Waals surface area contributed by atoms with Crippen molar-refractivity contribution >= 4 is 5.91 Å². The normalized spacial score (nSPS) is 10.3. The molecule has 0 fully saturated rings. The SMILES string of the molecule is CCn1cnnc1CNC(=O)c1ccccc1F. The van der Waals surface area contributed by atoms with Gasteiger partial charge in [-0.1, -0.05) is 12.1 Å². The highest BCUT2D eigenvalue weighted by molar-refractivity contribution is 5.94. The summed E-state index contributed by atoms with van der Waals surface area (Å²) in [4.78, 5) is 11.8. The largest absolute Gasteiger partial charge is 0.345 e. The fourth-order valence-electron chi connectivity index (χ4n) is 1.58. The van der Waals surface area contributed by atoms with Gasteiger partial charge in [0.05, 0.1) is 12.1 Å². The maximum atomic E-state index is 13.4. The summed E-state index contributed by atoms with van der Waals surface area (Å²) in [5.74, 6) is -0.354. The molecular formula is C12H13FN4O. The molecule has 0 aliphatic heterocycles. The number of halogens is 1. The zero-order valence-electron chi connectivity index (χ0n) is 9.93. The molecule has 6 heteroatoms. The van der Waals surface area contributed by atoms with Crippen LogP contribution in [0.15, 0.2) is 30.6 Å². The van der Waals surface area contributed by atoms with Crippen molar-refractivity contribution in [3.63, 3.8) is 0 Å². The Kier molecular flexibility index (Phi) is 3.66. The van der Waals surface area contributed by atoms with Gasteiger partial charge in [-0.05, 0) is 19.1 Å². The number of carbonyl (C=O) groups excluding carboxylic acids is 1.